The third-order valence-electron chi connectivity index (χ3n) is 6.60. The predicted octanol–water partition coefficient (Wildman–Crippen LogP) is 3.03. The predicted molar refractivity (Wildman–Crippen MR) is 116 cm³/mol. The number of hydrogen-bond donors (Lipinski definition) is 1. The van der Waals surface area contributed by atoms with Gasteiger partial charge in [-0.3, -0.25) is 4.79 Å². The fraction of sp³-hybridized carbons (Fsp3) is 0.429. The van der Waals surface area contributed by atoms with E-state index in [2.05, 4.69) is 0 Å². The molecule has 2 N–H and O–H groups in total. The highest BCUT2D eigenvalue weighted by molar-refractivity contribution is 7.91. The average Bonchev–Trinajstić information content (AvgIpc) is 3.43. The minimum absolute atomic E-state index is 0.00927. The van der Waals surface area contributed by atoms with Gasteiger partial charge in [0.05, 0.1) is 23.1 Å². The summed E-state index contributed by atoms with van der Waals surface area (Å²) in [6.45, 7) is 0.792. The summed E-state index contributed by atoms with van der Waals surface area (Å²) in [6.07, 6.45) is -3.85. The molecule has 0 saturated carbocycles. The molecule has 7 nitrogen and oxygen atoms in total. The summed E-state index contributed by atoms with van der Waals surface area (Å²) < 4.78 is 67.6. The Morgan fingerprint density at radius 3 is 2.48 bits per heavy atom. The smallest absolute Gasteiger partial charge is 0.371 e. The summed E-state index contributed by atoms with van der Waals surface area (Å²) in [5, 5.41) is 10.7. The molecule has 2 saturated heterocycles. The lowest BCUT2D eigenvalue weighted by atomic mass is 9.70. The molecule has 0 bridgehead atoms. The minimum Gasteiger partial charge on any atom is -0.371 e. The number of halogens is 3. The summed E-state index contributed by atoms with van der Waals surface area (Å²) in [5.74, 6) is -1.26. The highest BCUT2D eigenvalue weighted by Gasteiger charge is 2.53. The molecule has 0 radical (unpaired) electrons. The SMILES string of the molecule is N#Cc1ccc(N2CCC3(CC2)CN(S(=O)(=O)c2cccs2)CC3C(N)=O)cc1C(F)(F)F. The van der Waals surface area contributed by atoms with Crippen LogP contribution in [0.3, 0.4) is 0 Å². The monoisotopic (exact) mass is 498 g/mol. The van der Waals surface area contributed by atoms with Gasteiger partial charge in [0.2, 0.25) is 5.91 Å². The number of anilines is 1. The third-order valence-corrected chi connectivity index (χ3v) is 9.79. The molecular weight excluding hydrogens is 477 g/mol. The number of primary amides is 1. The Morgan fingerprint density at radius 2 is 1.94 bits per heavy atom. The van der Waals surface area contributed by atoms with Gasteiger partial charge < -0.3 is 10.6 Å². The number of sulfonamides is 1. The van der Waals surface area contributed by atoms with E-state index in [1.54, 1.807) is 22.4 Å². The van der Waals surface area contributed by atoms with Crippen LogP contribution in [-0.4, -0.2) is 44.8 Å². The summed E-state index contributed by atoms with van der Waals surface area (Å²) >= 11 is 1.10. The molecule has 0 aliphatic carbocycles. The molecule has 1 spiro atoms. The molecule has 4 rings (SSSR count). The maximum atomic E-state index is 13.4. The third kappa shape index (κ3) is 4.20. The van der Waals surface area contributed by atoms with Crippen molar-refractivity contribution in [3.05, 3.63) is 46.8 Å². The quantitative estimate of drug-likeness (QED) is 0.697. The number of nitrogens with zero attached hydrogens (tertiary/aromatic N) is 3. The Labute approximate surface area is 193 Å². The first-order valence-corrected chi connectivity index (χ1v) is 12.5. The number of rotatable bonds is 4. The van der Waals surface area contributed by atoms with Gasteiger partial charge in [0.15, 0.2) is 0 Å². The maximum absolute atomic E-state index is 13.4. The molecule has 33 heavy (non-hydrogen) atoms. The van der Waals surface area contributed by atoms with E-state index in [9.17, 15) is 26.4 Å². The second-order valence-electron chi connectivity index (χ2n) is 8.37. The van der Waals surface area contributed by atoms with E-state index in [0.29, 0.717) is 31.6 Å². The van der Waals surface area contributed by atoms with Crippen LogP contribution in [0.4, 0.5) is 18.9 Å². The van der Waals surface area contributed by atoms with Gasteiger partial charge in [-0.1, -0.05) is 6.07 Å². The molecular formula is C21H21F3N4O3S2. The van der Waals surface area contributed by atoms with Crippen LogP contribution in [0.15, 0.2) is 39.9 Å². The van der Waals surface area contributed by atoms with Crippen molar-refractivity contribution in [2.45, 2.75) is 23.2 Å². The van der Waals surface area contributed by atoms with Crippen LogP contribution in [0, 0.1) is 22.7 Å². The Kier molecular flexibility index (Phi) is 5.92. The first-order valence-electron chi connectivity index (χ1n) is 10.2. The number of alkyl halides is 3. The van der Waals surface area contributed by atoms with Gasteiger partial charge in [0.1, 0.15) is 4.21 Å². The Balaban J connectivity index is 1.57. The van der Waals surface area contributed by atoms with Crippen LogP contribution in [0.5, 0.6) is 0 Å². The Hall–Kier alpha value is -2.62. The standard InChI is InChI=1S/C21H21F3N4O3S2/c22-21(23,24)16-10-15(4-3-14(16)11-25)27-7-5-20(6-8-27)13-28(12-17(20)19(26)29)33(30,31)18-2-1-9-32-18/h1-4,9-10,17H,5-8,12-13H2,(H2,26,29). The van der Waals surface area contributed by atoms with E-state index < -0.39 is 44.6 Å². The highest BCUT2D eigenvalue weighted by atomic mass is 32.2. The Bertz CT molecular complexity index is 1200. The van der Waals surface area contributed by atoms with E-state index >= 15 is 0 Å². The van der Waals surface area contributed by atoms with E-state index in [1.807, 2.05) is 0 Å². The molecule has 3 heterocycles. The van der Waals surface area contributed by atoms with E-state index in [4.69, 9.17) is 11.0 Å². The van der Waals surface area contributed by atoms with Crippen molar-refractivity contribution in [2.24, 2.45) is 17.1 Å². The first-order chi connectivity index (χ1) is 15.5. The first kappa shape index (κ1) is 23.5. The van der Waals surface area contributed by atoms with Crippen LogP contribution >= 0.6 is 11.3 Å². The minimum atomic E-state index is -4.66. The lowest BCUT2D eigenvalue weighted by molar-refractivity contribution is -0.137. The van der Waals surface area contributed by atoms with Crippen LogP contribution in [-0.2, 0) is 21.0 Å². The molecule has 176 valence electrons. The van der Waals surface area contributed by atoms with Crippen LogP contribution in [0.25, 0.3) is 0 Å². The topological polar surface area (TPSA) is 108 Å². The number of carbonyl (C=O) groups excluding carboxylic acids is 1. The summed E-state index contributed by atoms with van der Waals surface area (Å²) in [5.41, 5.74) is 3.86. The highest BCUT2D eigenvalue weighted by Crippen LogP contribution is 2.47. The molecule has 2 aliphatic rings. The number of thiophene rings is 1. The number of amides is 1. The zero-order chi connectivity index (χ0) is 24.0. The molecule has 2 aromatic rings. The molecule has 1 amide bonds. The molecule has 1 aromatic heterocycles. The van der Waals surface area contributed by atoms with Crippen LogP contribution < -0.4 is 10.6 Å². The van der Waals surface area contributed by atoms with Gasteiger partial charge in [-0.05, 0) is 42.5 Å². The number of hydrogen-bond acceptors (Lipinski definition) is 6. The molecule has 12 heteroatoms. The fourth-order valence-electron chi connectivity index (χ4n) is 4.81. The zero-order valence-electron chi connectivity index (χ0n) is 17.4. The number of nitriles is 1. The van der Waals surface area contributed by atoms with Crippen molar-refractivity contribution < 1.29 is 26.4 Å². The second kappa shape index (κ2) is 8.30. The van der Waals surface area contributed by atoms with Crippen molar-refractivity contribution in [2.75, 3.05) is 31.1 Å². The van der Waals surface area contributed by atoms with Crippen molar-refractivity contribution in [3.63, 3.8) is 0 Å². The van der Waals surface area contributed by atoms with Gasteiger partial charge in [0, 0.05) is 37.3 Å². The molecule has 2 fully saturated rings. The number of piperidine rings is 1. The van der Waals surface area contributed by atoms with E-state index in [1.165, 1.54) is 16.4 Å². The lowest BCUT2D eigenvalue weighted by Gasteiger charge is -2.42. The summed E-state index contributed by atoms with van der Waals surface area (Å²) in [7, 11) is -3.76. The second-order valence-corrected chi connectivity index (χ2v) is 11.5. The molecule has 1 aromatic carbocycles. The normalized spacial score (nSPS) is 21.3. The van der Waals surface area contributed by atoms with Crippen LogP contribution in [0.2, 0.25) is 0 Å². The van der Waals surface area contributed by atoms with Crippen molar-refractivity contribution in [1.82, 2.24) is 4.31 Å². The molecule has 1 atom stereocenters. The fourth-order valence-corrected chi connectivity index (χ4v) is 7.51. The maximum Gasteiger partial charge on any atom is 0.417 e. The van der Waals surface area contributed by atoms with Crippen LogP contribution in [0.1, 0.15) is 24.0 Å². The average molecular weight is 499 g/mol. The number of carbonyl (C=O) groups is 1. The van der Waals surface area contributed by atoms with Gasteiger partial charge in [-0.25, -0.2) is 8.42 Å². The lowest BCUT2D eigenvalue weighted by Crippen LogP contribution is -2.47. The number of nitrogens with two attached hydrogens (primary N) is 1. The van der Waals surface area contributed by atoms with Gasteiger partial charge in [-0.2, -0.15) is 22.7 Å². The van der Waals surface area contributed by atoms with Crippen molar-refractivity contribution in [1.29, 1.82) is 5.26 Å². The molecule has 2 aliphatic heterocycles. The van der Waals surface area contributed by atoms with Gasteiger partial charge in [-0.15, -0.1) is 11.3 Å². The van der Waals surface area contributed by atoms with Crippen molar-refractivity contribution >= 4 is 33.0 Å². The van der Waals surface area contributed by atoms with E-state index in [-0.39, 0.29) is 17.3 Å². The van der Waals surface area contributed by atoms with Gasteiger partial charge in [0.25, 0.3) is 10.0 Å². The largest absolute Gasteiger partial charge is 0.417 e. The zero-order valence-corrected chi connectivity index (χ0v) is 19.0. The van der Waals surface area contributed by atoms with Crippen molar-refractivity contribution in [3.8, 4) is 6.07 Å². The summed E-state index contributed by atoms with van der Waals surface area (Å²) in [4.78, 5) is 14.0. The molecule has 1 unspecified atom stereocenters. The number of benzene rings is 1. The van der Waals surface area contributed by atoms with Gasteiger partial charge >= 0.3 is 6.18 Å². The summed E-state index contributed by atoms with van der Waals surface area (Å²) in [6, 6.07) is 8.31. The Morgan fingerprint density at radius 1 is 1.24 bits per heavy atom. The van der Waals surface area contributed by atoms with E-state index in [0.717, 1.165) is 23.5 Å².